The minimum Gasteiger partial charge on any atom is -0.293 e. The van der Waals surface area contributed by atoms with E-state index >= 15 is 0 Å². The fourth-order valence-electron chi connectivity index (χ4n) is 3.11. The monoisotopic (exact) mass is 273 g/mol. The molecule has 20 heavy (non-hydrogen) atoms. The van der Waals surface area contributed by atoms with Gasteiger partial charge in [0.15, 0.2) is 5.78 Å². The Kier molecular flexibility index (Phi) is 5.78. The van der Waals surface area contributed by atoms with Gasteiger partial charge in [0.25, 0.3) is 0 Å². The number of likely N-dealkylation sites (tertiary alicyclic amines) is 1. The summed E-state index contributed by atoms with van der Waals surface area (Å²) in [6.07, 6.45) is 7.29. The van der Waals surface area contributed by atoms with Gasteiger partial charge in [-0.25, -0.2) is 0 Å². The van der Waals surface area contributed by atoms with Crippen LogP contribution in [0.1, 0.15) is 61.9 Å². The molecule has 1 aliphatic heterocycles. The maximum atomic E-state index is 12.4. The topological polar surface area (TPSA) is 20.3 Å². The summed E-state index contributed by atoms with van der Waals surface area (Å²) in [6, 6.07) is 8.72. The van der Waals surface area contributed by atoms with Gasteiger partial charge < -0.3 is 0 Å². The van der Waals surface area contributed by atoms with Gasteiger partial charge in [0.1, 0.15) is 0 Å². The van der Waals surface area contributed by atoms with E-state index in [0.717, 1.165) is 24.9 Å². The van der Waals surface area contributed by atoms with Crippen LogP contribution in [0.4, 0.5) is 0 Å². The highest BCUT2D eigenvalue weighted by atomic mass is 16.1. The molecule has 0 radical (unpaired) electrons. The molecule has 0 N–H and O–H groups in total. The van der Waals surface area contributed by atoms with Crippen LogP contribution in [-0.2, 0) is 6.42 Å². The Balaban J connectivity index is 2.00. The predicted molar refractivity (Wildman–Crippen MR) is 84.3 cm³/mol. The van der Waals surface area contributed by atoms with E-state index in [-0.39, 0.29) is 5.78 Å². The largest absolute Gasteiger partial charge is 0.293 e. The zero-order valence-electron chi connectivity index (χ0n) is 12.9. The fourth-order valence-corrected chi connectivity index (χ4v) is 3.11. The molecule has 0 amide bonds. The molecular formula is C18H27NO. The van der Waals surface area contributed by atoms with E-state index in [2.05, 4.69) is 30.9 Å². The van der Waals surface area contributed by atoms with Crippen LogP contribution in [-0.4, -0.2) is 29.8 Å². The Morgan fingerprint density at radius 1 is 1.15 bits per heavy atom. The lowest BCUT2D eigenvalue weighted by Crippen LogP contribution is -2.38. The second kappa shape index (κ2) is 7.58. The van der Waals surface area contributed by atoms with Crippen LogP contribution in [0, 0.1) is 0 Å². The first-order chi connectivity index (χ1) is 9.74. The van der Waals surface area contributed by atoms with Gasteiger partial charge in [-0.1, -0.05) is 51.0 Å². The molecule has 1 saturated heterocycles. The smallest absolute Gasteiger partial charge is 0.176 e. The Morgan fingerprint density at radius 3 is 2.55 bits per heavy atom. The molecule has 2 heteroatoms. The Morgan fingerprint density at radius 2 is 1.90 bits per heavy atom. The minimum absolute atomic E-state index is 0.271. The summed E-state index contributed by atoms with van der Waals surface area (Å²) in [5.74, 6) is 0.271. The highest BCUT2D eigenvalue weighted by Gasteiger charge is 2.21. The van der Waals surface area contributed by atoms with Crippen molar-refractivity contribution in [2.24, 2.45) is 0 Å². The first-order valence-corrected chi connectivity index (χ1v) is 8.10. The number of aryl methyl sites for hydroxylation is 1. The predicted octanol–water partition coefficient (Wildman–Crippen LogP) is 4.09. The molecule has 0 aromatic heterocycles. The lowest BCUT2D eigenvalue weighted by molar-refractivity contribution is 0.0890. The molecular weight excluding hydrogens is 246 g/mol. The van der Waals surface area contributed by atoms with Gasteiger partial charge in [0.2, 0.25) is 0 Å². The second-order valence-electron chi connectivity index (χ2n) is 5.86. The van der Waals surface area contributed by atoms with Crippen molar-refractivity contribution < 1.29 is 4.79 Å². The van der Waals surface area contributed by atoms with Crippen molar-refractivity contribution >= 4 is 5.78 Å². The van der Waals surface area contributed by atoms with Crippen molar-refractivity contribution in [3.05, 3.63) is 35.4 Å². The number of carbonyl (C=O) groups is 1. The van der Waals surface area contributed by atoms with Gasteiger partial charge >= 0.3 is 0 Å². The summed E-state index contributed by atoms with van der Waals surface area (Å²) in [6.45, 7) is 6.05. The minimum atomic E-state index is 0.271. The molecule has 1 atom stereocenters. The van der Waals surface area contributed by atoms with Crippen molar-refractivity contribution in [2.75, 3.05) is 13.1 Å². The van der Waals surface area contributed by atoms with Crippen LogP contribution in [0.15, 0.2) is 24.3 Å². The van der Waals surface area contributed by atoms with Crippen molar-refractivity contribution in [2.45, 2.75) is 58.4 Å². The highest BCUT2D eigenvalue weighted by Crippen LogP contribution is 2.19. The van der Waals surface area contributed by atoms with Gasteiger partial charge in [-0.05, 0) is 37.8 Å². The van der Waals surface area contributed by atoms with Crippen LogP contribution in [0.5, 0.6) is 0 Å². The van der Waals surface area contributed by atoms with E-state index in [1.165, 1.54) is 31.2 Å². The van der Waals surface area contributed by atoms with E-state index in [1.54, 1.807) is 0 Å². The zero-order chi connectivity index (χ0) is 14.4. The van der Waals surface area contributed by atoms with E-state index in [9.17, 15) is 4.79 Å². The summed E-state index contributed by atoms with van der Waals surface area (Å²) in [4.78, 5) is 14.9. The van der Waals surface area contributed by atoms with Gasteiger partial charge in [-0.3, -0.25) is 9.69 Å². The van der Waals surface area contributed by atoms with Crippen LogP contribution >= 0.6 is 0 Å². The Bertz CT molecular complexity index is 424. The first kappa shape index (κ1) is 15.2. The summed E-state index contributed by atoms with van der Waals surface area (Å²) >= 11 is 0. The molecule has 0 saturated carbocycles. The SMILES string of the molecule is CCc1ccc(C(=O)CN2CCCCCC2CC)cc1. The Labute approximate surface area is 123 Å². The molecule has 1 heterocycles. The number of carbonyl (C=O) groups excluding carboxylic acids is 1. The molecule has 0 bridgehead atoms. The number of nitrogens with zero attached hydrogens (tertiary/aromatic N) is 1. The normalized spacial score (nSPS) is 20.6. The number of hydrogen-bond donors (Lipinski definition) is 0. The number of benzene rings is 1. The van der Waals surface area contributed by atoms with E-state index in [0.29, 0.717) is 12.6 Å². The fraction of sp³-hybridized carbons (Fsp3) is 0.611. The molecule has 1 fully saturated rings. The lowest BCUT2D eigenvalue weighted by atomic mass is 10.0. The zero-order valence-corrected chi connectivity index (χ0v) is 12.9. The lowest BCUT2D eigenvalue weighted by Gasteiger charge is -2.28. The average Bonchev–Trinajstić information content (AvgIpc) is 2.72. The van der Waals surface area contributed by atoms with Crippen molar-refractivity contribution in [3.8, 4) is 0 Å². The number of rotatable bonds is 5. The summed E-state index contributed by atoms with van der Waals surface area (Å²) in [5.41, 5.74) is 2.16. The molecule has 2 nitrogen and oxygen atoms in total. The maximum absolute atomic E-state index is 12.4. The average molecular weight is 273 g/mol. The van der Waals surface area contributed by atoms with Crippen LogP contribution in [0.25, 0.3) is 0 Å². The van der Waals surface area contributed by atoms with E-state index in [1.807, 2.05) is 12.1 Å². The molecule has 1 aliphatic rings. The van der Waals surface area contributed by atoms with Crippen LogP contribution in [0.2, 0.25) is 0 Å². The van der Waals surface area contributed by atoms with Gasteiger partial charge in [-0.2, -0.15) is 0 Å². The Hall–Kier alpha value is -1.15. The number of ketones is 1. The summed E-state index contributed by atoms with van der Waals surface area (Å²) in [7, 11) is 0. The third-order valence-corrected chi connectivity index (χ3v) is 4.50. The summed E-state index contributed by atoms with van der Waals surface area (Å²) < 4.78 is 0. The second-order valence-corrected chi connectivity index (χ2v) is 5.86. The van der Waals surface area contributed by atoms with Crippen molar-refractivity contribution in [1.82, 2.24) is 4.90 Å². The molecule has 1 aromatic rings. The standard InChI is InChI=1S/C18H27NO/c1-3-15-9-11-16(12-10-15)18(20)14-19-13-7-5-6-8-17(19)4-2/h9-12,17H,3-8,13-14H2,1-2H3. The summed E-state index contributed by atoms with van der Waals surface area (Å²) in [5, 5.41) is 0. The van der Waals surface area contributed by atoms with Crippen molar-refractivity contribution in [3.63, 3.8) is 0 Å². The van der Waals surface area contributed by atoms with Gasteiger partial charge in [0, 0.05) is 11.6 Å². The van der Waals surface area contributed by atoms with Crippen LogP contribution in [0.3, 0.4) is 0 Å². The highest BCUT2D eigenvalue weighted by molar-refractivity contribution is 5.97. The first-order valence-electron chi connectivity index (χ1n) is 8.10. The van der Waals surface area contributed by atoms with Gasteiger partial charge in [0.05, 0.1) is 6.54 Å². The van der Waals surface area contributed by atoms with E-state index in [4.69, 9.17) is 0 Å². The van der Waals surface area contributed by atoms with Crippen LogP contribution < -0.4 is 0 Å². The number of Topliss-reactive ketones (excluding diaryl/α,β-unsaturated/α-hetero) is 1. The molecule has 1 unspecified atom stereocenters. The molecule has 0 aliphatic carbocycles. The molecule has 110 valence electrons. The van der Waals surface area contributed by atoms with Crippen molar-refractivity contribution in [1.29, 1.82) is 0 Å². The van der Waals surface area contributed by atoms with E-state index < -0.39 is 0 Å². The van der Waals surface area contributed by atoms with Gasteiger partial charge in [-0.15, -0.1) is 0 Å². The number of hydrogen-bond acceptors (Lipinski definition) is 2. The molecule has 0 spiro atoms. The maximum Gasteiger partial charge on any atom is 0.176 e. The molecule has 1 aromatic carbocycles. The quantitative estimate of drug-likeness (QED) is 0.753. The molecule has 2 rings (SSSR count). The third kappa shape index (κ3) is 3.92. The third-order valence-electron chi connectivity index (χ3n) is 4.50.